The van der Waals surface area contributed by atoms with Crippen LogP contribution in [0.3, 0.4) is 0 Å². The van der Waals surface area contributed by atoms with Crippen molar-refractivity contribution in [2.75, 3.05) is 27.9 Å². The van der Waals surface area contributed by atoms with Gasteiger partial charge in [-0.2, -0.15) is 0 Å². The van der Waals surface area contributed by atoms with Crippen LogP contribution in [0.1, 0.15) is 18.0 Å². The van der Waals surface area contributed by atoms with E-state index in [-0.39, 0.29) is 33.8 Å². The number of benzene rings is 2. The molecular weight excluding hydrogens is 457 g/mol. The van der Waals surface area contributed by atoms with Gasteiger partial charge in [0.1, 0.15) is 5.75 Å². The third-order valence-corrected chi connectivity index (χ3v) is 5.09. The lowest BCUT2D eigenvalue weighted by Gasteiger charge is -2.20. The second-order valence-electron chi connectivity index (χ2n) is 6.00. The highest BCUT2D eigenvalue weighted by Crippen LogP contribution is 2.34. The zero-order valence-electron chi connectivity index (χ0n) is 16.5. The Kier molecular flexibility index (Phi) is 8.89. The molecule has 0 aliphatic carbocycles. The van der Waals surface area contributed by atoms with Crippen LogP contribution in [0, 0.1) is 0 Å². The summed E-state index contributed by atoms with van der Waals surface area (Å²) in [5.41, 5.74) is 0.624. The molecule has 1 amide bonds. The van der Waals surface area contributed by atoms with E-state index in [9.17, 15) is 9.59 Å². The SMILES string of the molecule is COC(=O)CC(NC(=O)COc1cc(Cl)c(Cl)cc1Cl)c1ccc(OC)c(OC)c1. The number of carbonyl (C=O) groups excluding carboxylic acids is 2. The van der Waals surface area contributed by atoms with Crippen molar-refractivity contribution in [3.63, 3.8) is 0 Å². The monoisotopic (exact) mass is 475 g/mol. The van der Waals surface area contributed by atoms with E-state index in [1.165, 1.54) is 33.5 Å². The Balaban J connectivity index is 2.15. The van der Waals surface area contributed by atoms with Gasteiger partial charge in [0.15, 0.2) is 18.1 Å². The van der Waals surface area contributed by atoms with E-state index in [1.54, 1.807) is 18.2 Å². The van der Waals surface area contributed by atoms with Crippen molar-refractivity contribution >= 4 is 46.7 Å². The number of hydrogen-bond acceptors (Lipinski definition) is 6. The van der Waals surface area contributed by atoms with Crippen LogP contribution < -0.4 is 19.5 Å². The van der Waals surface area contributed by atoms with Crippen LogP contribution in [-0.4, -0.2) is 39.8 Å². The van der Waals surface area contributed by atoms with Gasteiger partial charge in [-0.1, -0.05) is 40.9 Å². The minimum atomic E-state index is -0.683. The van der Waals surface area contributed by atoms with Gasteiger partial charge in [-0.05, 0) is 23.8 Å². The van der Waals surface area contributed by atoms with Gasteiger partial charge in [0, 0.05) is 6.07 Å². The number of rotatable bonds is 9. The maximum atomic E-state index is 12.5. The van der Waals surface area contributed by atoms with Crippen molar-refractivity contribution in [3.8, 4) is 17.2 Å². The van der Waals surface area contributed by atoms with Gasteiger partial charge in [0.2, 0.25) is 0 Å². The minimum absolute atomic E-state index is 0.0920. The van der Waals surface area contributed by atoms with Crippen LogP contribution in [0.25, 0.3) is 0 Å². The maximum absolute atomic E-state index is 12.5. The average molecular weight is 477 g/mol. The second kappa shape index (κ2) is 11.2. The van der Waals surface area contributed by atoms with E-state index < -0.39 is 17.9 Å². The Morgan fingerprint density at radius 2 is 1.57 bits per heavy atom. The first-order chi connectivity index (χ1) is 14.3. The average Bonchev–Trinajstić information content (AvgIpc) is 2.74. The number of methoxy groups -OCH3 is 3. The van der Waals surface area contributed by atoms with E-state index in [4.69, 9.17) is 53.8 Å². The number of carbonyl (C=O) groups is 2. The number of nitrogens with one attached hydrogen (secondary N) is 1. The number of ether oxygens (including phenoxy) is 4. The molecule has 2 aromatic rings. The zero-order valence-corrected chi connectivity index (χ0v) is 18.7. The fraction of sp³-hybridized carbons (Fsp3) is 0.300. The highest BCUT2D eigenvalue weighted by molar-refractivity contribution is 6.43. The first kappa shape index (κ1) is 23.9. The van der Waals surface area contributed by atoms with E-state index in [0.29, 0.717) is 17.1 Å². The Labute approximate surface area is 189 Å². The van der Waals surface area contributed by atoms with E-state index in [0.717, 1.165) is 0 Å². The summed E-state index contributed by atoms with van der Waals surface area (Å²) in [6, 6.07) is 7.21. The fourth-order valence-electron chi connectivity index (χ4n) is 2.57. The quantitative estimate of drug-likeness (QED) is 0.425. The van der Waals surface area contributed by atoms with Crippen molar-refractivity contribution in [3.05, 3.63) is 51.0 Å². The molecule has 2 aromatic carbocycles. The molecule has 162 valence electrons. The summed E-state index contributed by atoms with van der Waals surface area (Å²) in [5.74, 6) is 0.196. The van der Waals surface area contributed by atoms with Gasteiger partial charge < -0.3 is 24.3 Å². The van der Waals surface area contributed by atoms with Crippen LogP contribution >= 0.6 is 34.8 Å². The highest BCUT2D eigenvalue weighted by atomic mass is 35.5. The van der Waals surface area contributed by atoms with Crippen molar-refractivity contribution in [1.29, 1.82) is 0 Å². The van der Waals surface area contributed by atoms with Crippen LogP contribution in [0.15, 0.2) is 30.3 Å². The largest absolute Gasteiger partial charge is 0.493 e. The van der Waals surface area contributed by atoms with Gasteiger partial charge in [0.05, 0.1) is 48.9 Å². The summed E-state index contributed by atoms with van der Waals surface area (Å²) in [4.78, 5) is 24.3. The van der Waals surface area contributed by atoms with E-state index in [1.807, 2.05) is 0 Å². The van der Waals surface area contributed by atoms with Crippen molar-refractivity contribution in [1.82, 2.24) is 5.32 Å². The number of esters is 1. The summed E-state index contributed by atoms with van der Waals surface area (Å²) in [5, 5.41) is 3.46. The molecule has 0 aliphatic heterocycles. The van der Waals surface area contributed by atoms with Crippen LogP contribution in [0.5, 0.6) is 17.2 Å². The fourth-order valence-corrected chi connectivity index (χ4v) is 3.16. The van der Waals surface area contributed by atoms with Gasteiger partial charge in [0.25, 0.3) is 5.91 Å². The lowest BCUT2D eigenvalue weighted by Crippen LogP contribution is -2.34. The normalized spacial score (nSPS) is 11.4. The Hall–Kier alpha value is -2.35. The highest BCUT2D eigenvalue weighted by Gasteiger charge is 2.21. The molecule has 2 rings (SSSR count). The van der Waals surface area contributed by atoms with E-state index in [2.05, 4.69) is 5.32 Å². The third-order valence-electron chi connectivity index (χ3n) is 4.08. The lowest BCUT2D eigenvalue weighted by atomic mass is 10.0. The molecular formula is C20H20Cl3NO6. The predicted octanol–water partition coefficient (Wildman–Crippen LogP) is 4.46. The molecule has 0 bridgehead atoms. The lowest BCUT2D eigenvalue weighted by molar-refractivity contribution is -0.141. The first-order valence-corrected chi connectivity index (χ1v) is 9.77. The molecule has 0 aliphatic rings. The van der Waals surface area contributed by atoms with Gasteiger partial charge in [-0.25, -0.2) is 0 Å². The molecule has 1 N–H and O–H groups in total. The Morgan fingerprint density at radius 3 is 2.20 bits per heavy atom. The molecule has 0 aromatic heterocycles. The van der Waals surface area contributed by atoms with Gasteiger partial charge >= 0.3 is 5.97 Å². The van der Waals surface area contributed by atoms with Crippen molar-refractivity contribution in [2.45, 2.75) is 12.5 Å². The van der Waals surface area contributed by atoms with Gasteiger partial charge in [-0.15, -0.1) is 0 Å². The van der Waals surface area contributed by atoms with Crippen molar-refractivity contribution in [2.24, 2.45) is 0 Å². The van der Waals surface area contributed by atoms with E-state index >= 15 is 0 Å². The molecule has 1 unspecified atom stereocenters. The smallest absolute Gasteiger partial charge is 0.307 e. The standard InChI is InChI=1S/C20H20Cl3NO6/c1-27-16-5-4-11(6-18(16)28-2)15(9-20(26)29-3)24-19(25)10-30-17-8-13(22)12(21)7-14(17)23/h4-8,15H,9-10H2,1-3H3,(H,24,25). The zero-order chi connectivity index (χ0) is 22.3. The molecule has 0 saturated heterocycles. The predicted molar refractivity (Wildman–Crippen MR) is 114 cm³/mol. The summed E-state index contributed by atoms with van der Waals surface area (Å²) in [6.07, 6.45) is -0.0920. The summed E-state index contributed by atoms with van der Waals surface area (Å²) < 4.78 is 20.7. The van der Waals surface area contributed by atoms with Gasteiger partial charge in [-0.3, -0.25) is 9.59 Å². The molecule has 0 fully saturated rings. The topological polar surface area (TPSA) is 83.1 Å². The summed E-state index contributed by atoms with van der Waals surface area (Å²) in [6.45, 7) is -0.358. The number of hydrogen-bond donors (Lipinski definition) is 1. The minimum Gasteiger partial charge on any atom is -0.493 e. The summed E-state index contributed by atoms with van der Waals surface area (Å²) >= 11 is 17.9. The third kappa shape index (κ3) is 6.32. The maximum Gasteiger partial charge on any atom is 0.307 e. The van der Waals surface area contributed by atoms with Crippen LogP contribution in [-0.2, 0) is 14.3 Å². The Bertz CT molecular complexity index is 922. The van der Waals surface area contributed by atoms with Crippen LogP contribution in [0.2, 0.25) is 15.1 Å². The second-order valence-corrected chi connectivity index (χ2v) is 7.22. The molecule has 7 nitrogen and oxygen atoms in total. The molecule has 0 spiro atoms. The van der Waals surface area contributed by atoms with Crippen LogP contribution in [0.4, 0.5) is 0 Å². The van der Waals surface area contributed by atoms with Crippen molar-refractivity contribution < 1.29 is 28.5 Å². The first-order valence-electron chi connectivity index (χ1n) is 8.64. The number of halogens is 3. The molecule has 0 saturated carbocycles. The molecule has 30 heavy (non-hydrogen) atoms. The Morgan fingerprint density at radius 1 is 0.900 bits per heavy atom. The molecule has 1 atom stereocenters. The molecule has 10 heteroatoms. The number of amides is 1. The summed E-state index contributed by atoms with van der Waals surface area (Å²) in [7, 11) is 4.27. The molecule has 0 radical (unpaired) electrons. The molecule has 0 heterocycles.